The molecule has 1 heterocycles. The molecule has 0 aromatic heterocycles. The third-order valence-corrected chi connectivity index (χ3v) is 2.51. The molecule has 1 aromatic carbocycles. The van der Waals surface area contributed by atoms with Crippen molar-refractivity contribution in [2.24, 2.45) is 0 Å². The van der Waals surface area contributed by atoms with Crippen LogP contribution in [-0.2, 0) is 20.8 Å². The van der Waals surface area contributed by atoms with E-state index in [1.807, 2.05) is 18.2 Å². The Bertz CT molecular complexity index is 286. The molecule has 1 fully saturated rings. The summed E-state index contributed by atoms with van der Waals surface area (Å²) in [5, 5.41) is 0. The van der Waals surface area contributed by atoms with Gasteiger partial charge in [0.1, 0.15) is 0 Å². The second kappa shape index (κ2) is 5.26. The smallest absolute Gasteiger partial charge is 0.159 e. The van der Waals surface area contributed by atoms with Crippen LogP contribution in [0.3, 0.4) is 0 Å². The molecule has 0 radical (unpaired) electrons. The molecule has 0 spiro atoms. The number of rotatable bonds is 4. The number of hydrogen-bond donors (Lipinski definition) is 0. The lowest BCUT2D eigenvalue weighted by Crippen LogP contribution is -2.13. The number of methoxy groups -OCH3 is 1. The topological polar surface area (TPSA) is 27.7 Å². The summed E-state index contributed by atoms with van der Waals surface area (Å²) in [6.45, 7) is 1.27. The first kappa shape index (κ1) is 10.6. The molecule has 1 aliphatic heterocycles. The Morgan fingerprint density at radius 3 is 2.80 bits per heavy atom. The summed E-state index contributed by atoms with van der Waals surface area (Å²) >= 11 is 0. The molecular formula is C12H16O3. The highest BCUT2D eigenvalue weighted by atomic mass is 16.7. The van der Waals surface area contributed by atoms with Crippen molar-refractivity contribution in [1.82, 2.24) is 0 Å². The molecule has 1 saturated heterocycles. The molecule has 2 rings (SSSR count). The molecular weight excluding hydrogens is 192 g/mol. The van der Waals surface area contributed by atoms with E-state index in [1.54, 1.807) is 7.11 Å². The Morgan fingerprint density at radius 2 is 2.13 bits per heavy atom. The van der Waals surface area contributed by atoms with E-state index in [4.69, 9.17) is 14.2 Å². The first-order chi connectivity index (χ1) is 7.38. The van der Waals surface area contributed by atoms with Gasteiger partial charge in [-0.3, -0.25) is 0 Å². The Morgan fingerprint density at radius 1 is 1.33 bits per heavy atom. The zero-order valence-corrected chi connectivity index (χ0v) is 8.89. The predicted octanol–water partition coefficient (Wildman–Crippen LogP) is 1.96. The Hall–Kier alpha value is -0.900. The minimum Gasteiger partial charge on any atom is -0.371 e. The van der Waals surface area contributed by atoms with Crippen LogP contribution in [0.15, 0.2) is 30.3 Å². The molecule has 0 N–H and O–H groups in total. The van der Waals surface area contributed by atoms with Crippen LogP contribution in [0.25, 0.3) is 0 Å². The van der Waals surface area contributed by atoms with Gasteiger partial charge in [0.2, 0.25) is 0 Å². The first-order valence-corrected chi connectivity index (χ1v) is 5.18. The quantitative estimate of drug-likeness (QED) is 0.757. The zero-order valence-electron chi connectivity index (χ0n) is 8.89. The minimum absolute atomic E-state index is 0.0919. The van der Waals surface area contributed by atoms with Gasteiger partial charge in [-0.25, -0.2) is 0 Å². The van der Waals surface area contributed by atoms with Crippen molar-refractivity contribution in [3.63, 3.8) is 0 Å². The fraction of sp³-hybridized carbons (Fsp3) is 0.500. The van der Waals surface area contributed by atoms with Gasteiger partial charge in [0.15, 0.2) is 6.29 Å². The molecule has 15 heavy (non-hydrogen) atoms. The highest BCUT2D eigenvalue weighted by Gasteiger charge is 2.25. The van der Waals surface area contributed by atoms with Gasteiger partial charge in [0, 0.05) is 13.5 Å². The average Bonchev–Trinajstić information content (AvgIpc) is 2.76. The van der Waals surface area contributed by atoms with Gasteiger partial charge in [-0.1, -0.05) is 30.3 Å². The van der Waals surface area contributed by atoms with Gasteiger partial charge in [-0.2, -0.15) is 0 Å². The van der Waals surface area contributed by atoms with E-state index in [0.29, 0.717) is 13.2 Å². The molecule has 1 aromatic rings. The van der Waals surface area contributed by atoms with Crippen LogP contribution in [0.5, 0.6) is 0 Å². The summed E-state index contributed by atoms with van der Waals surface area (Å²) in [4.78, 5) is 0. The first-order valence-electron chi connectivity index (χ1n) is 5.18. The van der Waals surface area contributed by atoms with Crippen LogP contribution in [0, 0.1) is 0 Å². The van der Waals surface area contributed by atoms with Crippen molar-refractivity contribution < 1.29 is 14.2 Å². The lowest BCUT2D eigenvalue weighted by atomic mass is 10.2. The summed E-state index contributed by atoms with van der Waals surface area (Å²) in [5.41, 5.74) is 1.19. The van der Waals surface area contributed by atoms with Gasteiger partial charge in [-0.05, 0) is 5.56 Å². The number of benzene rings is 1. The molecule has 0 aliphatic carbocycles. The summed E-state index contributed by atoms with van der Waals surface area (Å²) in [6, 6.07) is 10.2. The van der Waals surface area contributed by atoms with Crippen molar-refractivity contribution >= 4 is 0 Å². The van der Waals surface area contributed by atoms with E-state index in [2.05, 4.69) is 12.1 Å². The van der Waals surface area contributed by atoms with Crippen LogP contribution < -0.4 is 0 Å². The fourth-order valence-corrected chi connectivity index (χ4v) is 1.63. The molecule has 0 unspecified atom stereocenters. The van der Waals surface area contributed by atoms with Crippen LogP contribution >= 0.6 is 0 Å². The van der Waals surface area contributed by atoms with Crippen LogP contribution in [-0.4, -0.2) is 26.1 Å². The lowest BCUT2D eigenvalue weighted by molar-refractivity contribution is -0.0884. The third-order valence-electron chi connectivity index (χ3n) is 2.51. The van der Waals surface area contributed by atoms with Crippen molar-refractivity contribution in [2.75, 3.05) is 13.7 Å². The third kappa shape index (κ3) is 3.02. The highest BCUT2D eigenvalue weighted by molar-refractivity contribution is 5.13. The van der Waals surface area contributed by atoms with Crippen LogP contribution in [0.2, 0.25) is 0 Å². The second-order valence-corrected chi connectivity index (χ2v) is 3.65. The Balaban J connectivity index is 1.75. The maximum absolute atomic E-state index is 5.72. The maximum Gasteiger partial charge on any atom is 0.159 e. The lowest BCUT2D eigenvalue weighted by Gasteiger charge is -2.09. The largest absolute Gasteiger partial charge is 0.371 e. The zero-order chi connectivity index (χ0) is 10.5. The number of hydrogen-bond acceptors (Lipinski definition) is 3. The molecule has 0 saturated carbocycles. The van der Waals surface area contributed by atoms with E-state index in [0.717, 1.165) is 6.42 Å². The molecule has 2 atom stereocenters. The van der Waals surface area contributed by atoms with Crippen molar-refractivity contribution in [2.45, 2.75) is 25.4 Å². The highest BCUT2D eigenvalue weighted by Crippen LogP contribution is 2.17. The summed E-state index contributed by atoms with van der Waals surface area (Å²) in [6.07, 6.45) is 0.893. The van der Waals surface area contributed by atoms with E-state index in [-0.39, 0.29) is 12.4 Å². The summed E-state index contributed by atoms with van der Waals surface area (Å²) in [7, 11) is 1.66. The minimum atomic E-state index is -0.0919. The summed E-state index contributed by atoms with van der Waals surface area (Å²) < 4.78 is 16.2. The van der Waals surface area contributed by atoms with Gasteiger partial charge < -0.3 is 14.2 Å². The Kier molecular flexibility index (Phi) is 3.72. The van der Waals surface area contributed by atoms with Crippen LogP contribution in [0.1, 0.15) is 12.0 Å². The Labute approximate surface area is 90.0 Å². The van der Waals surface area contributed by atoms with E-state index < -0.39 is 0 Å². The van der Waals surface area contributed by atoms with Gasteiger partial charge in [0.05, 0.1) is 19.3 Å². The predicted molar refractivity (Wildman–Crippen MR) is 56.4 cm³/mol. The molecule has 3 nitrogen and oxygen atoms in total. The standard InChI is InChI=1S/C12H16O3/c1-13-12-7-11(9-15-12)14-8-10-5-3-2-4-6-10/h2-6,11-12H,7-9H2,1H3/t11-,12+/m1/s1. The number of ether oxygens (including phenoxy) is 3. The molecule has 82 valence electrons. The summed E-state index contributed by atoms with van der Waals surface area (Å²) in [5.74, 6) is 0. The SMILES string of the molecule is CO[C@@H]1C[C@@H](OCc2ccccc2)CO1. The van der Waals surface area contributed by atoms with Gasteiger partial charge in [-0.15, -0.1) is 0 Å². The monoisotopic (exact) mass is 208 g/mol. The van der Waals surface area contributed by atoms with E-state index >= 15 is 0 Å². The van der Waals surface area contributed by atoms with Crippen LogP contribution in [0.4, 0.5) is 0 Å². The molecule has 0 bridgehead atoms. The molecule has 1 aliphatic rings. The average molecular weight is 208 g/mol. The van der Waals surface area contributed by atoms with Gasteiger partial charge in [0.25, 0.3) is 0 Å². The normalized spacial score (nSPS) is 25.7. The molecule has 3 heteroatoms. The second-order valence-electron chi connectivity index (χ2n) is 3.65. The molecule has 0 amide bonds. The van der Waals surface area contributed by atoms with Crippen molar-refractivity contribution in [1.29, 1.82) is 0 Å². The maximum atomic E-state index is 5.72. The fourth-order valence-electron chi connectivity index (χ4n) is 1.63. The van der Waals surface area contributed by atoms with E-state index in [1.165, 1.54) is 5.56 Å². The van der Waals surface area contributed by atoms with Crippen molar-refractivity contribution in [3.8, 4) is 0 Å². The van der Waals surface area contributed by atoms with Gasteiger partial charge >= 0.3 is 0 Å². The van der Waals surface area contributed by atoms with E-state index in [9.17, 15) is 0 Å². The van der Waals surface area contributed by atoms with Crippen molar-refractivity contribution in [3.05, 3.63) is 35.9 Å².